The highest BCUT2D eigenvalue weighted by atomic mass is 16.5. The van der Waals surface area contributed by atoms with Crippen LogP contribution in [0.25, 0.3) is 0 Å². The predicted octanol–water partition coefficient (Wildman–Crippen LogP) is 2.53. The molecule has 1 aromatic carbocycles. The van der Waals surface area contributed by atoms with Crippen molar-refractivity contribution in [3.63, 3.8) is 0 Å². The highest BCUT2D eigenvalue weighted by Crippen LogP contribution is 2.29. The zero-order valence-electron chi connectivity index (χ0n) is 13.7. The van der Waals surface area contributed by atoms with Crippen LogP contribution in [-0.4, -0.2) is 37.7 Å². The van der Waals surface area contributed by atoms with E-state index in [1.807, 2.05) is 0 Å². The van der Waals surface area contributed by atoms with Gasteiger partial charge in [0.15, 0.2) is 0 Å². The maximum absolute atomic E-state index is 12.4. The minimum atomic E-state index is -0.575. The van der Waals surface area contributed by atoms with Crippen LogP contribution in [0.15, 0.2) is 36.4 Å². The maximum Gasteiger partial charge on any atom is 0.356 e. The number of pyridine rings is 1. The molecule has 0 aliphatic rings. The summed E-state index contributed by atoms with van der Waals surface area (Å²) in [6.45, 7) is 1.93. The van der Waals surface area contributed by atoms with E-state index in [0.717, 1.165) is 0 Å². The summed E-state index contributed by atoms with van der Waals surface area (Å²) in [6, 6.07) is 9.57. The number of hydrogen-bond donors (Lipinski definition) is 1. The number of carbonyl (C=O) groups is 2. The average molecular weight is 330 g/mol. The van der Waals surface area contributed by atoms with E-state index < -0.39 is 11.9 Å². The molecule has 7 heteroatoms. The summed E-state index contributed by atoms with van der Waals surface area (Å²) in [5.41, 5.74) is 0.635. The second-order valence-corrected chi connectivity index (χ2v) is 4.65. The van der Waals surface area contributed by atoms with Crippen molar-refractivity contribution in [3.8, 4) is 11.5 Å². The fourth-order valence-electron chi connectivity index (χ4n) is 1.97. The molecule has 1 N–H and O–H groups in total. The van der Waals surface area contributed by atoms with E-state index in [9.17, 15) is 9.59 Å². The Bertz CT molecular complexity index is 746. The second kappa shape index (κ2) is 7.96. The smallest absolute Gasteiger partial charge is 0.356 e. The highest BCUT2D eigenvalue weighted by molar-refractivity contribution is 6.04. The summed E-state index contributed by atoms with van der Waals surface area (Å²) in [6.07, 6.45) is 0. The van der Waals surface area contributed by atoms with Crippen LogP contribution in [-0.2, 0) is 4.74 Å². The minimum absolute atomic E-state index is 0.0752. The largest absolute Gasteiger partial charge is 0.497 e. The van der Waals surface area contributed by atoms with Gasteiger partial charge in [-0.2, -0.15) is 0 Å². The Morgan fingerprint density at radius 1 is 1.08 bits per heavy atom. The molecular formula is C17H18N2O5. The number of amides is 1. The van der Waals surface area contributed by atoms with Gasteiger partial charge in [0.25, 0.3) is 5.91 Å². The number of benzene rings is 1. The first kappa shape index (κ1) is 17.3. The molecule has 0 saturated carbocycles. The quantitative estimate of drug-likeness (QED) is 0.819. The monoisotopic (exact) mass is 330 g/mol. The zero-order chi connectivity index (χ0) is 17.5. The first-order valence-electron chi connectivity index (χ1n) is 7.26. The van der Waals surface area contributed by atoms with Crippen LogP contribution in [0, 0.1) is 0 Å². The van der Waals surface area contributed by atoms with Gasteiger partial charge in [0.05, 0.1) is 26.5 Å². The van der Waals surface area contributed by atoms with Gasteiger partial charge >= 0.3 is 5.97 Å². The molecule has 1 amide bonds. The van der Waals surface area contributed by atoms with Gasteiger partial charge < -0.3 is 19.5 Å². The highest BCUT2D eigenvalue weighted by Gasteiger charge is 2.15. The van der Waals surface area contributed by atoms with Crippen LogP contribution in [0.3, 0.4) is 0 Å². The minimum Gasteiger partial charge on any atom is -0.497 e. The van der Waals surface area contributed by atoms with Crippen molar-refractivity contribution in [3.05, 3.63) is 47.8 Å². The number of methoxy groups -OCH3 is 2. The normalized spacial score (nSPS) is 9.96. The van der Waals surface area contributed by atoms with Gasteiger partial charge in [-0.05, 0) is 31.2 Å². The third-order valence-electron chi connectivity index (χ3n) is 3.12. The molecular weight excluding hydrogens is 312 g/mol. The van der Waals surface area contributed by atoms with E-state index >= 15 is 0 Å². The lowest BCUT2D eigenvalue weighted by molar-refractivity contribution is 0.0519. The van der Waals surface area contributed by atoms with Crippen LogP contribution in [0.5, 0.6) is 11.5 Å². The van der Waals surface area contributed by atoms with Crippen LogP contribution in [0.1, 0.15) is 27.9 Å². The Morgan fingerprint density at radius 2 is 1.83 bits per heavy atom. The van der Waals surface area contributed by atoms with Crippen LogP contribution < -0.4 is 14.8 Å². The van der Waals surface area contributed by atoms with Crippen molar-refractivity contribution < 1.29 is 23.8 Å². The number of aromatic nitrogens is 1. The molecule has 0 aliphatic heterocycles. The summed E-state index contributed by atoms with van der Waals surface area (Å²) >= 11 is 0. The third-order valence-corrected chi connectivity index (χ3v) is 3.12. The average Bonchev–Trinajstić information content (AvgIpc) is 2.62. The molecule has 1 aromatic heterocycles. The number of anilines is 1. The molecule has 0 fully saturated rings. The zero-order valence-corrected chi connectivity index (χ0v) is 13.7. The molecule has 2 aromatic rings. The number of esters is 1. The number of hydrogen-bond acceptors (Lipinski definition) is 6. The third kappa shape index (κ3) is 4.01. The van der Waals surface area contributed by atoms with E-state index in [0.29, 0.717) is 17.2 Å². The Morgan fingerprint density at radius 3 is 2.50 bits per heavy atom. The molecule has 24 heavy (non-hydrogen) atoms. The predicted molar refractivity (Wildman–Crippen MR) is 87.7 cm³/mol. The number of ether oxygens (including phenoxy) is 3. The Labute approximate surface area is 139 Å². The van der Waals surface area contributed by atoms with E-state index in [1.54, 1.807) is 31.2 Å². The van der Waals surface area contributed by atoms with Crippen molar-refractivity contribution >= 4 is 17.6 Å². The van der Waals surface area contributed by atoms with Crippen molar-refractivity contribution in [2.75, 3.05) is 26.1 Å². The fourth-order valence-corrected chi connectivity index (χ4v) is 1.97. The van der Waals surface area contributed by atoms with E-state index in [1.165, 1.54) is 26.4 Å². The van der Waals surface area contributed by atoms with Crippen LogP contribution in [0.4, 0.5) is 5.69 Å². The summed E-state index contributed by atoms with van der Waals surface area (Å²) in [5.74, 6) is 0.00956. The number of rotatable bonds is 6. The van der Waals surface area contributed by atoms with Crippen molar-refractivity contribution in [2.45, 2.75) is 6.92 Å². The summed E-state index contributed by atoms with van der Waals surface area (Å²) < 4.78 is 15.2. The van der Waals surface area contributed by atoms with Gasteiger partial charge in [-0.15, -0.1) is 0 Å². The van der Waals surface area contributed by atoms with E-state index in [-0.39, 0.29) is 18.0 Å². The first-order chi connectivity index (χ1) is 11.6. The molecule has 0 bridgehead atoms. The lowest BCUT2D eigenvalue weighted by Crippen LogP contribution is -2.16. The number of nitrogens with one attached hydrogen (secondary N) is 1. The van der Waals surface area contributed by atoms with Gasteiger partial charge in [-0.1, -0.05) is 6.07 Å². The van der Waals surface area contributed by atoms with Gasteiger partial charge in [-0.25, -0.2) is 9.78 Å². The SMILES string of the molecule is CCOC(=O)c1cccc(C(=O)Nc2ccc(OC)cc2OC)n1. The number of carbonyl (C=O) groups excluding carboxylic acids is 2. The molecule has 0 saturated heterocycles. The Hall–Kier alpha value is -3.09. The van der Waals surface area contributed by atoms with E-state index in [2.05, 4.69) is 10.3 Å². The molecule has 7 nitrogen and oxygen atoms in total. The van der Waals surface area contributed by atoms with Crippen LogP contribution in [0.2, 0.25) is 0 Å². The summed E-state index contributed by atoms with van der Waals surface area (Å²) in [5, 5.41) is 2.69. The molecule has 0 unspecified atom stereocenters. The summed E-state index contributed by atoms with van der Waals surface area (Å²) in [4.78, 5) is 28.1. The van der Waals surface area contributed by atoms with Gasteiger partial charge in [0, 0.05) is 6.07 Å². The molecule has 1 heterocycles. The molecule has 0 aliphatic carbocycles. The fraction of sp³-hybridized carbons (Fsp3) is 0.235. The molecule has 0 radical (unpaired) electrons. The van der Waals surface area contributed by atoms with Crippen molar-refractivity contribution in [1.29, 1.82) is 0 Å². The van der Waals surface area contributed by atoms with Crippen molar-refractivity contribution in [1.82, 2.24) is 4.98 Å². The molecule has 126 valence electrons. The van der Waals surface area contributed by atoms with Gasteiger partial charge in [0.1, 0.15) is 22.9 Å². The van der Waals surface area contributed by atoms with Crippen molar-refractivity contribution in [2.24, 2.45) is 0 Å². The van der Waals surface area contributed by atoms with E-state index in [4.69, 9.17) is 14.2 Å². The summed E-state index contributed by atoms with van der Waals surface area (Å²) in [7, 11) is 3.03. The Kier molecular flexibility index (Phi) is 5.73. The standard InChI is InChI=1S/C17H18N2O5/c1-4-24-17(21)14-7-5-6-13(18-14)16(20)19-12-9-8-11(22-2)10-15(12)23-3/h5-10H,4H2,1-3H3,(H,19,20). The first-order valence-corrected chi connectivity index (χ1v) is 7.26. The molecule has 2 rings (SSSR count). The lowest BCUT2D eigenvalue weighted by atomic mass is 10.2. The lowest BCUT2D eigenvalue weighted by Gasteiger charge is -2.11. The topological polar surface area (TPSA) is 86.8 Å². The maximum atomic E-state index is 12.4. The van der Waals surface area contributed by atoms with Gasteiger partial charge in [-0.3, -0.25) is 4.79 Å². The number of nitrogens with zero attached hydrogens (tertiary/aromatic N) is 1. The van der Waals surface area contributed by atoms with Gasteiger partial charge in [0.2, 0.25) is 0 Å². The molecule has 0 spiro atoms. The second-order valence-electron chi connectivity index (χ2n) is 4.65. The van der Waals surface area contributed by atoms with Crippen LogP contribution >= 0.6 is 0 Å². The molecule has 0 atom stereocenters. The Balaban J connectivity index is 2.21.